The zero-order chi connectivity index (χ0) is 14.4. The van der Waals surface area contributed by atoms with E-state index in [4.69, 9.17) is 21.8 Å². The standard InChI is InChI=1S/C16H15ClN2O/c1-8-5-12(18)7-13(10(8)3)16-19-14-6-11(17)4-9(2)15(14)20-16/h4-7H,18H2,1-3H3. The maximum Gasteiger partial charge on any atom is 0.227 e. The number of anilines is 1. The number of nitrogens with two attached hydrogens (primary N) is 1. The Bertz CT molecular complexity index is 821. The minimum atomic E-state index is 0.582. The molecule has 0 fully saturated rings. The second kappa shape index (κ2) is 4.53. The van der Waals surface area contributed by atoms with Gasteiger partial charge in [-0.15, -0.1) is 0 Å². The molecule has 0 spiro atoms. The van der Waals surface area contributed by atoms with Crippen molar-refractivity contribution in [1.29, 1.82) is 0 Å². The molecule has 2 aromatic carbocycles. The molecule has 0 bridgehead atoms. The number of hydrogen-bond donors (Lipinski definition) is 1. The Morgan fingerprint density at radius 1 is 1.05 bits per heavy atom. The van der Waals surface area contributed by atoms with Gasteiger partial charge in [0.1, 0.15) is 5.52 Å². The molecule has 0 saturated heterocycles. The van der Waals surface area contributed by atoms with Gasteiger partial charge in [0.05, 0.1) is 0 Å². The number of fused-ring (bicyclic) bond motifs is 1. The molecule has 0 aliphatic heterocycles. The Morgan fingerprint density at radius 3 is 2.55 bits per heavy atom. The molecule has 1 heterocycles. The van der Waals surface area contributed by atoms with Crippen molar-refractivity contribution in [3.8, 4) is 11.5 Å². The molecule has 0 aliphatic carbocycles. The molecular formula is C16H15ClN2O. The highest BCUT2D eigenvalue weighted by atomic mass is 35.5. The monoisotopic (exact) mass is 286 g/mol. The third kappa shape index (κ3) is 2.04. The van der Waals surface area contributed by atoms with Crippen LogP contribution in [0.3, 0.4) is 0 Å². The quantitative estimate of drug-likeness (QED) is 0.662. The molecule has 0 unspecified atom stereocenters. The largest absolute Gasteiger partial charge is 0.436 e. The first-order valence-electron chi connectivity index (χ1n) is 6.39. The number of aromatic nitrogens is 1. The highest BCUT2D eigenvalue weighted by molar-refractivity contribution is 6.31. The van der Waals surface area contributed by atoms with E-state index in [9.17, 15) is 0 Å². The summed E-state index contributed by atoms with van der Waals surface area (Å²) in [6.07, 6.45) is 0. The number of nitrogens with zero attached hydrogens (tertiary/aromatic N) is 1. The highest BCUT2D eigenvalue weighted by Crippen LogP contribution is 2.32. The Labute approximate surface area is 122 Å². The van der Waals surface area contributed by atoms with Gasteiger partial charge in [0.2, 0.25) is 5.89 Å². The van der Waals surface area contributed by atoms with Gasteiger partial charge in [-0.1, -0.05) is 11.6 Å². The summed E-state index contributed by atoms with van der Waals surface area (Å²) in [6, 6.07) is 7.52. The normalized spacial score (nSPS) is 11.2. The first kappa shape index (κ1) is 13.0. The SMILES string of the molecule is Cc1cc(N)cc(-c2nc3cc(Cl)cc(C)c3o2)c1C. The maximum atomic E-state index is 6.06. The van der Waals surface area contributed by atoms with Gasteiger partial charge in [-0.25, -0.2) is 4.98 Å². The van der Waals surface area contributed by atoms with Gasteiger partial charge >= 0.3 is 0 Å². The molecule has 3 nitrogen and oxygen atoms in total. The van der Waals surface area contributed by atoms with Crippen molar-refractivity contribution in [2.45, 2.75) is 20.8 Å². The van der Waals surface area contributed by atoms with E-state index in [1.165, 1.54) is 0 Å². The van der Waals surface area contributed by atoms with Gasteiger partial charge in [0.15, 0.2) is 5.58 Å². The van der Waals surface area contributed by atoms with E-state index in [-0.39, 0.29) is 0 Å². The van der Waals surface area contributed by atoms with Crippen molar-refractivity contribution in [3.05, 3.63) is 46.0 Å². The van der Waals surface area contributed by atoms with Crippen LogP contribution in [0.25, 0.3) is 22.6 Å². The number of hydrogen-bond acceptors (Lipinski definition) is 3. The molecule has 1 aromatic heterocycles. The van der Waals surface area contributed by atoms with E-state index in [0.29, 0.717) is 16.6 Å². The van der Waals surface area contributed by atoms with E-state index < -0.39 is 0 Å². The summed E-state index contributed by atoms with van der Waals surface area (Å²) in [4.78, 5) is 4.54. The molecule has 3 rings (SSSR count). The van der Waals surface area contributed by atoms with Crippen molar-refractivity contribution in [2.24, 2.45) is 0 Å². The van der Waals surface area contributed by atoms with Crippen molar-refractivity contribution < 1.29 is 4.42 Å². The molecule has 2 N–H and O–H groups in total. The Balaban J connectivity index is 2.28. The Morgan fingerprint density at radius 2 is 1.80 bits per heavy atom. The Hall–Kier alpha value is -2.00. The fraction of sp³-hybridized carbons (Fsp3) is 0.188. The van der Waals surface area contributed by atoms with Crippen LogP contribution in [0.1, 0.15) is 16.7 Å². The number of benzene rings is 2. The first-order chi connectivity index (χ1) is 9.45. The van der Waals surface area contributed by atoms with Crippen LogP contribution >= 0.6 is 11.6 Å². The van der Waals surface area contributed by atoms with Gasteiger partial charge in [0, 0.05) is 16.3 Å². The van der Waals surface area contributed by atoms with Gasteiger partial charge in [0.25, 0.3) is 0 Å². The summed E-state index contributed by atoms with van der Waals surface area (Å²) in [7, 11) is 0. The smallest absolute Gasteiger partial charge is 0.227 e. The second-order valence-electron chi connectivity index (χ2n) is 5.10. The molecule has 0 amide bonds. The molecule has 3 aromatic rings. The van der Waals surface area contributed by atoms with Crippen molar-refractivity contribution in [1.82, 2.24) is 4.98 Å². The van der Waals surface area contributed by atoms with Crippen LogP contribution < -0.4 is 5.73 Å². The van der Waals surface area contributed by atoms with E-state index in [2.05, 4.69) is 4.98 Å². The van der Waals surface area contributed by atoms with E-state index in [0.717, 1.165) is 33.4 Å². The fourth-order valence-corrected chi connectivity index (χ4v) is 2.65. The molecule has 0 saturated carbocycles. The molecule has 20 heavy (non-hydrogen) atoms. The third-order valence-electron chi connectivity index (χ3n) is 3.56. The predicted octanol–water partition coefficient (Wildman–Crippen LogP) is 4.66. The van der Waals surface area contributed by atoms with Crippen LogP contribution in [0.4, 0.5) is 5.69 Å². The van der Waals surface area contributed by atoms with Crippen LogP contribution in [0.2, 0.25) is 5.02 Å². The number of rotatable bonds is 1. The number of aryl methyl sites for hydroxylation is 2. The van der Waals surface area contributed by atoms with Crippen molar-refractivity contribution >= 4 is 28.4 Å². The zero-order valence-corrected chi connectivity index (χ0v) is 12.4. The first-order valence-corrected chi connectivity index (χ1v) is 6.77. The van der Waals surface area contributed by atoms with Crippen LogP contribution in [-0.4, -0.2) is 4.98 Å². The summed E-state index contributed by atoms with van der Waals surface area (Å²) >= 11 is 6.06. The van der Waals surface area contributed by atoms with Gasteiger partial charge < -0.3 is 10.2 Å². The fourth-order valence-electron chi connectivity index (χ4n) is 2.38. The van der Waals surface area contributed by atoms with Crippen LogP contribution in [0.5, 0.6) is 0 Å². The van der Waals surface area contributed by atoms with Crippen LogP contribution in [0, 0.1) is 20.8 Å². The number of halogens is 1. The molecule has 0 atom stereocenters. The summed E-state index contributed by atoms with van der Waals surface area (Å²) in [5.41, 5.74) is 12.3. The molecule has 4 heteroatoms. The van der Waals surface area contributed by atoms with Crippen LogP contribution in [0.15, 0.2) is 28.7 Å². The molecule has 102 valence electrons. The van der Waals surface area contributed by atoms with Gasteiger partial charge in [-0.3, -0.25) is 0 Å². The Kier molecular flexibility index (Phi) is 2.94. The highest BCUT2D eigenvalue weighted by Gasteiger charge is 2.14. The minimum absolute atomic E-state index is 0.582. The lowest BCUT2D eigenvalue weighted by Gasteiger charge is -2.06. The minimum Gasteiger partial charge on any atom is -0.436 e. The van der Waals surface area contributed by atoms with Crippen molar-refractivity contribution in [2.75, 3.05) is 5.73 Å². The second-order valence-corrected chi connectivity index (χ2v) is 5.54. The lowest BCUT2D eigenvalue weighted by molar-refractivity contribution is 0.617. The van der Waals surface area contributed by atoms with E-state index in [1.54, 1.807) is 0 Å². The lowest BCUT2D eigenvalue weighted by Crippen LogP contribution is -1.92. The van der Waals surface area contributed by atoms with Gasteiger partial charge in [-0.05, 0) is 61.7 Å². The average molecular weight is 287 g/mol. The summed E-state index contributed by atoms with van der Waals surface area (Å²) in [6.45, 7) is 6.03. The summed E-state index contributed by atoms with van der Waals surface area (Å²) in [5, 5.41) is 0.662. The van der Waals surface area contributed by atoms with Crippen molar-refractivity contribution in [3.63, 3.8) is 0 Å². The molecular weight excluding hydrogens is 272 g/mol. The van der Waals surface area contributed by atoms with E-state index >= 15 is 0 Å². The summed E-state index contributed by atoms with van der Waals surface area (Å²) in [5.74, 6) is 0.582. The third-order valence-corrected chi connectivity index (χ3v) is 3.78. The average Bonchev–Trinajstić information content (AvgIpc) is 2.77. The molecule has 0 aliphatic rings. The topological polar surface area (TPSA) is 52.0 Å². The summed E-state index contributed by atoms with van der Waals surface area (Å²) < 4.78 is 5.91. The zero-order valence-electron chi connectivity index (χ0n) is 11.6. The number of nitrogen functional groups attached to an aromatic ring is 1. The lowest BCUT2D eigenvalue weighted by atomic mass is 10.0. The van der Waals surface area contributed by atoms with E-state index in [1.807, 2.05) is 45.0 Å². The van der Waals surface area contributed by atoms with Gasteiger partial charge in [-0.2, -0.15) is 0 Å². The maximum absolute atomic E-state index is 6.06. The molecule has 0 radical (unpaired) electrons. The predicted molar refractivity (Wildman–Crippen MR) is 83.1 cm³/mol. The van der Waals surface area contributed by atoms with Crippen LogP contribution in [-0.2, 0) is 0 Å². The number of oxazole rings is 1.